The first-order chi connectivity index (χ1) is 6.11. The Morgan fingerprint density at radius 1 is 1.38 bits per heavy atom. The summed E-state index contributed by atoms with van der Waals surface area (Å²) in [5, 5.41) is 0. The zero-order valence-corrected chi connectivity index (χ0v) is 10.3. The molecule has 0 atom stereocenters. The normalized spacial score (nSPS) is 19.6. The van der Waals surface area contributed by atoms with Gasteiger partial charge in [0.25, 0.3) is 0 Å². The highest BCUT2D eigenvalue weighted by molar-refractivity contribution is 9.10. The van der Waals surface area contributed by atoms with Gasteiger partial charge < -0.3 is 0 Å². The molecule has 1 aliphatic heterocycles. The third-order valence-corrected chi connectivity index (χ3v) is 4.36. The van der Waals surface area contributed by atoms with Crippen LogP contribution in [-0.4, -0.2) is 5.75 Å². The van der Waals surface area contributed by atoms with Crippen molar-refractivity contribution in [2.24, 2.45) is 0 Å². The molecule has 1 aromatic carbocycles. The Morgan fingerprint density at radius 3 is 2.85 bits per heavy atom. The second-order valence-electron chi connectivity index (χ2n) is 4.10. The van der Waals surface area contributed by atoms with Gasteiger partial charge in [0, 0.05) is 9.37 Å². The lowest BCUT2D eigenvalue weighted by atomic mass is 9.82. The summed E-state index contributed by atoms with van der Waals surface area (Å²) in [7, 11) is 0. The number of rotatable bonds is 0. The Hall–Kier alpha value is 0.0500. The fourth-order valence-corrected chi connectivity index (χ4v) is 4.39. The summed E-state index contributed by atoms with van der Waals surface area (Å²) in [5.41, 5.74) is 1.83. The van der Waals surface area contributed by atoms with Crippen LogP contribution in [0.1, 0.15) is 25.8 Å². The molecule has 2 heteroatoms. The molecule has 1 aliphatic rings. The van der Waals surface area contributed by atoms with Gasteiger partial charge in [-0.25, -0.2) is 0 Å². The van der Waals surface area contributed by atoms with Crippen molar-refractivity contribution in [2.45, 2.75) is 30.6 Å². The second kappa shape index (κ2) is 3.32. The summed E-state index contributed by atoms with van der Waals surface area (Å²) in [4.78, 5) is 1.45. The van der Waals surface area contributed by atoms with Gasteiger partial charge >= 0.3 is 0 Å². The molecule has 0 amide bonds. The van der Waals surface area contributed by atoms with Crippen molar-refractivity contribution in [3.63, 3.8) is 0 Å². The molecule has 0 aromatic heterocycles. The third-order valence-electron chi connectivity index (χ3n) is 2.64. The largest absolute Gasteiger partial charge is 0.126 e. The molecule has 1 heterocycles. The molecule has 0 saturated carbocycles. The highest BCUT2D eigenvalue weighted by Gasteiger charge is 2.29. The number of thioether (sulfide) groups is 1. The first-order valence-corrected chi connectivity index (χ1v) is 6.31. The van der Waals surface area contributed by atoms with Gasteiger partial charge in [-0.3, -0.25) is 0 Å². The molecule has 0 radical (unpaired) electrons. The van der Waals surface area contributed by atoms with Gasteiger partial charge in [-0.15, -0.1) is 11.8 Å². The van der Waals surface area contributed by atoms with Crippen LogP contribution < -0.4 is 0 Å². The predicted octanol–water partition coefficient (Wildman–Crippen LogP) is 4.22. The number of hydrogen-bond acceptors (Lipinski definition) is 1. The highest BCUT2D eigenvalue weighted by atomic mass is 79.9. The van der Waals surface area contributed by atoms with E-state index in [1.54, 1.807) is 0 Å². The van der Waals surface area contributed by atoms with Gasteiger partial charge in [0.2, 0.25) is 0 Å². The maximum absolute atomic E-state index is 3.64. The quantitative estimate of drug-likeness (QED) is 0.670. The molecule has 1 aromatic rings. The summed E-state index contributed by atoms with van der Waals surface area (Å²) in [6.45, 7) is 4.66. The zero-order chi connectivity index (χ0) is 9.47. The van der Waals surface area contributed by atoms with Crippen LogP contribution in [0, 0.1) is 0 Å². The minimum absolute atomic E-state index is 0.334. The van der Waals surface area contributed by atoms with Crippen molar-refractivity contribution in [1.29, 1.82) is 0 Å². The molecule has 70 valence electrons. The van der Waals surface area contributed by atoms with Crippen LogP contribution in [0.3, 0.4) is 0 Å². The van der Waals surface area contributed by atoms with E-state index in [-0.39, 0.29) is 0 Å². The number of halogens is 1. The van der Waals surface area contributed by atoms with Crippen LogP contribution in [0.4, 0.5) is 0 Å². The summed E-state index contributed by atoms with van der Waals surface area (Å²) < 4.78 is 1.27. The Bertz CT molecular complexity index is 331. The first-order valence-electron chi connectivity index (χ1n) is 4.53. The van der Waals surface area contributed by atoms with E-state index >= 15 is 0 Å². The minimum atomic E-state index is 0.334. The van der Waals surface area contributed by atoms with Crippen molar-refractivity contribution in [3.05, 3.63) is 28.2 Å². The predicted molar refractivity (Wildman–Crippen MR) is 62.5 cm³/mol. The molecule has 0 fully saturated rings. The van der Waals surface area contributed by atoms with Crippen molar-refractivity contribution in [1.82, 2.24) is 0 Å². The van der Waals surface area contributed by atoms with Crippen LogP contribution >= 0.6 is 27.7 Å². The van der Waals surface area contributed by atoms with Gasteiger partial charge in [-0.1, -0.05) is 35.8 Å². The van der Waals surface area contributed by atoms with Crippen LogP contribution in [0.15, 0.2) is 27.6 Å². The number of hydrogen-bond donors (Lipinski definition) is 0. The van der Waals surface area contributed by atoms with E-state index in [9.17, 15) is 0 Å². The smallest absolute Gasteiger partial charge is 0.0223 e. The first kappa shape index (κ1) is 9.60. The topological polar surface area (TPSA) is 0 Å². The number of benzene rings is 1. The Balaban J connectivity index is 2.61. The Kier molecular flexibility index (Phi) is 2.45. The summed E-state index contributed by atoms with van der Waals surface area (Å²) in [5.74, 6) is 1.25. The lowest BCUT2D eigenvalue weighted by Gasteiger charge is -2.32. The third kappa shape index (κ3) is 1.66. The fourth-order valence-electron chi connectivity index (χ4n) is 1.82. The maximum Gasteiger partial charge on any atom is 0.0223 e. The molecule has 0 spiro atoms. The molecule has 0 aliphatic carbocycles. The molecule has 2 rings (SSSR count). The van der Waals surface area contributed by atoms with Gasteiger partial charge in [0.15, 0.2) is 0 Å². The minimum Gasteiger partial charge on any atom is -0.126 e. The van der Waals surface area contributed by atoms with Crippen LogP contribution in [0.2, 0.25) is 0 Å². The molecule has 0 N–H and O–H groups in total. The van der Waals surface area contributed by atoms with E-state index in [1.165, 1.54) is 27.1 Å². The van der Waals surface area contributed by atoms with E-state index in [0.717, 1.165) is 0 Å². The van der Waals surface area contributed by atoms with E-state index < -0.39 is 0 Å². The molecule has 0 nitrogen and oxygen atoms in total. The average Bonchev–Trinajstić information content (AvgIpc) is 2.02. The van der Waals surface area contributed by atoms with Crippen molar-refractivity contribution in [2.75, 3.05) is 5.75 Å². The monoisotopic (exact) mass is 256 g/mol. The summed E-state index contributed by atoms with van der Waals surface area (Å²) in [6, 6.07) is 6.50. The van der Waals surface area contributed by atoms with Gasteiger partial charge in [-0.05, 0) is 35.3 Å². The molecular formula is C11H13BrS. The SMILES string of the molecule is CC1(C)CCSc2cccc(Br)c21. The average molecular weight is 257 g/mol. The van der Waals surface area contributed by atoms with E-state index in [4.69, 9.17) is 0 Å². The van der Waals surface area contributed by atoms with Gasteiger partial charge in [0.1, 0.15) is 0 Å². The molecular weight excluding hydrogens is 244 g/mol. The highest BCUT2D eigenvalue weighted by Crippen LogP contribution is 2.44. The van der Waals surface area contributed by atoms with Crippen molar-refractivity contribution >= 4 is 27.7 Å². The summed E-state index contributed by atoms with van der Waals surface area (Å²) >= 11 is 5.62. The van der Waals surface area contributed by atoms with Crippen LogP contribution in [0.5, 0.6) is 0 Å². The standard InChI is InChI=1S/C11H13BrS/c1-11(2)6-7-13-9-5-3-4-8(12)10(9)11/h3-5H,6-7H2,1-2H3. The second-order valence-corrected chi connectivity index (χ2v) is 6.09. The van der Waals surface area contributed by atoms with Gasteiger partial charge in [0.05, 0.1) is 0 Å². The van der Waals surface area contributed by atoms with Crippen molar-refractivity contribution in [3.8, 4) is 0 Å². The van der Waals surface area contributed by atoms with Crippen LogP contribution in [0.25, 0.3) is 0 Å². The zero-order valence-electron chi connectivity index (χ0n) is 7.93. The summed E-state index contributed by atoms with van der Waals surface area (Å²) in [6.07, 6.45) is 1.27. The lowest BCUT2D eigenvalue weighted by molar-refractivity contribution is 0.491. The van der Waals surface area contributed by atoms with Gasteiger partial charge in [-0.2, -0.15) is 0 Å². The lowest BCUT2D eigenvalue weighted by Crippen LogP contribution is -2.23. The Morgan fingerprint density at radius 2 is 2.15 bits per heavy atom. The fraction of sp³-hybridized carbons (Fsp3) is 0.455. The molecule has 0 unspecified atom stereocenters. The van der Waals surface area contributed by atoms with E-state index in [1.807, 2.05) is 11.8 Å². The molecule has 13 heavy (non-hydrogen) atoms. The van der Waals surface area contributed by atoms with E-state index in [0.29, 0.717) is 5.41 Å². The molecule has 0 saturated heterocycles. The molecule has 0 bridgehead atoms. The maximum atomic E-state index is 3.64. The Labute approximate surface area is 92.2 Å². The van der Waals surface area contributed by atoms with Crippen LogP contribution in [-0.2, 0) is 5.41 Å². The number of fused-ring (bicyclic) bond motifs is 1. The van der Waals surface area contributed by atoms with Crippen molar-refractivity contribution < 1.29 is 0 Å². The van der Waals surface area contributed by atoms with E-state index in [2.05, 4.69) is 48.0 Å².